The maximum absolute atomic E-state index is 13.6. The minimum Gasteiger partial charge on any atom is -0.211 e. The van der Waals surface area contributed by atoms with Gasteiger partial charge >= 0.3 is 0 Å². The maximum Gasteiger partial charge on any atom is 0.244 e. The fourth-order valence-electron chi connectivity index (χ4n) is 1.86. The first-order valence-corrected chi connectivity index (χ1v) is 8.32. The van der Waals surface area contributed by atoms with E-state index in [0.717, 1.165) is 24.8 Å². The number of halogens is 3. The summed E-state index contributed by atoms with van der Waals surface area (Å²) in [7, 11) is -3.95. The standard InChI is InChI=1S/C12H14BrF2NO2S/c13-10-6-9(14)7-11(15)12(10)19(17,18)16-5-1-2-8-3-4-8/h6-8,16H,1-5H2. The van der Waals surface area contributed by atoms with Crippen molar-refractivity contribution in [3.05, 3.63) is 28.2 Å². The minimum absolute atomic E-state index is 0.111. The highest BCUT2D eigenvalue weighted by Crippen LogP contribution is 2.33. The van der Waals surface area contributed by atoms with Gasteiger partial charge in [0.2, 0.25) is 10.0 Å². The normalized spacial score (nSPS) is 15.7. The van der Waals surface area contributed by atoms with E-state index in [1.54, 1.807) is 0 Å². The molecule has 0 radical (unpaired) electrons. The smallest absolute Gasteiger partial charge is 0.211 e. The van der Waals surface area contributed by atoms with Crippen molar-refractivity contribution in [2.24, 2.45) is 5.92 Å². The summed E-state index contributed by atoms with van der Waals surface area (Å²) in [5.41, 5.74) is 0. The zero-order valence-corrected chi connectivity index (χ0v) is 12.5. The summed E-state index contributed by atoms with van der Waals surface area (Å²) < 4.78 is 52.6. The Labute approximate surface area is 119 Å². The Morgan fingerprint density at radius 1 is 1.32 bits per heavy atom. The molecule has 0 spiro atoms. The van der Waals surface area contributed by atoms with Crippen molar-refractivity contribution in [2.45, 2.75) is 30.6 Å². The van der Waals surface area contributed by atoms with Crippen molar-refractivity contribution in [3.8, 4) is 0 Å². The molecule has 0 bridgehead atoms. The monoisotopic (exact) mass is 353 g/mol. The second kappa shape index (κ2) is 5.85. The summed E-state index contributed by atoms with van der Waals surface area (Å²) in [6.45, 7) is 0.266. The van der Waals surface area contributed by atoms with Crippen LogP contribution in [-0.2, 0) is 10.0 Å². The molecule has 19 heavy (non-hydrogen) atoms. The molecule has 1 N–H and O–H groups in total. The first-order chi connectivity index (χ1) is 8.90. The molecule has 0 atom stereocenters. The summed E-state index contributed by atoms with van der Waals surface area (Å²) >= 11 is 2.88. The third-order valence-corrected chi connectivity index (χ3v) is 5.43. The molecular weight excluding hydrogens is 340 g/mol. The van der Waals surface area contributed by atoms with Gasteiger partial charge in [0.25, 0.3) is 0 Å². The SMILES string of the molecule is O=S(=O)(NCCCC1CC1)c1c(F)cc(F)cc1Br. The maximum atomic E-state index is 13.6. The van der Waals surface area contributed by atoms with E-state index in [1.807, 2.05) is 0 Å². The van der Waals surface area contributed by atoms with E-state index < -0.39 is 26.6 Å². The van der Waals surface area contributed by atoms with Gasteiger partial charge in [0, 0.05) is 17.1 Å². The van der Waals surface area contributed by atoms with Crippen LogP contribution in [-0.4, -0.2) is 15.0 Å². The number of benzene rings is 1. The summed E-state index contributed by atoms with van der Waals surface area (Å²) in [5.74, 6) is -1.20. The third-order valence-electron chi connectivity index (χ3n) is 3.01. The lowest BCUT2D eigenvalue weighted by Gasteiger charge is -2.09. The Kier molecular flexibility index (Phi) is 4.58. The fraction of sp³-hybridized carbons (Fsp3) is 0.500. The van der Waals surface area contributed by atoms with E-state index in [1.165, 1.54) is 12.8 Å². The van der Waals surface area contributed by atoms with Crippen molar-refractivity contribution in [3.63, 3.8) is 0 Å². The van der Waals surface area contributed by atoms with E-state index in [0.29, 0.717) is 6.07 Å². The van der Waals surface area contributed by atoms with Crippen LogP contribution in [0.15, 0.2) is 21.5 Å². The summed E-state index contributed by atoms with van der Waals surface area (Å²) in [6, 6.07) is 1.49. The van der Waals surface area contributed by atoms with E-state index in [2.05, 4.69) is 20.7 Å². The van der Waals surface area contributed by atoms with Crippen LogP contribution in [0.2, 0.25) is 0 Å². The molecule has 1 aromatic rings. The van der Waals surface area contributed by atoms with Crippen LogP contribution in [0.4, 0.5) is 8.78 Å². The largest absolute Gasteiger partial charge is 0.244 e. The van der Waals surface area contributed by atoms with Gasteiger partial charge in [-0.25, -0.2) is 21.9 Å². The molecular formula is C12H14BrF2NO2S. The van der Waals surface area contributed by atoms with Crippen molar-refractivity contribution in [1.29, 1.82) is 0 Å². The number of rotatable bonds is 6. The molecule has 1 fully saturated rings. The van der Waals surface area contributed by atoms with Crippen LogP contribution in [0.3, 0.4) is 0 Å². The van der Waals surface area contributed by atoms with Gasteiger partial charge in [0.05, 0.1) is 0 Å². The highest BCUT2D eigenvalue weighted by Gasteiger charge is 2.24. The number of sulfonamides is 1. The number of hydrogen-bond donors (Lipinski definition) is 1. The molecule has 1 aliphatic rings. The zero-order valence-electron chi connectivity index (χ0n) is 10.1. The van der Waals surface area contributed by atoms with Gasteiger partial charge in [-0.2, -0.15) is 0 Å². The average molecular weight is 354 g/mol. The Morgan fingerprint density at radius 3 is 2.58 bits per heavy atom. The van der Waals surface area contributed by atoms with Crippen molar-refractivity contribution in [1.82, 2.24) is 4.72 Å². The third kappa shape index (κ3) is 3.97. The van der Waals surface area contributed by atoms with Gasteiger partial charge in [0.15, 0.2) is 0 Å². The molecule has 1 aliphatic carbocycles. The second-order valence-electron chi connectivity index (χ2n) is 4.68. The predicted molar refractivity (Wildman–Crippen MR) is 71.2 cm³/mol. The van der Waals surface area contributed by atoms with Gasteiger partial charge in [-0.15, -0.1) is 0 Å². The van der Waals surface area contributed by atoms with Gasteiger partial charge < -0.3 is 0 Å². The molecule has 0 saturated heterocycles. The molecule has 0 aromatic heterocycles. The molecule has 0 amide bonds. The van der Waals surface area contributed by atoms with Crippen LogP contribution in [0, 0.1) is 17.6 Å². The topological polar surface area (TPSA) is 46.2 Å². The van der Waals surface area contributed by atoms with Gasteiger partial charge in [-0.05, 0) is 40.8 Å². The molecule has 0 unspecified atom stereocenters. The van der Waals surface area contributed by atoms with Gasteiger partial charge in [-0.1, -0.05) is 12.8 Å². The molecule has 0 heterocycles. The van der Waals surface area contributed by atoms with E-state index in [9.17, 15) is 17.2 Å². The molecule has 7 heteroatoms. The quantitative estimate of drug-likeness (QED) is 0.798. The van der Waals surface area contributed by atoms with Crippen LogP contribution in [0.1, 0.15) is 25.7 Å². The lowest BCUT2D eigenvalue weighted by Crippen LogP contribution is -2.26. The highest BCUT2D eigenvalue weighted by molar-refractivity contribution is 9.10. The van der Waals surface area contributed by atoms with Gasteiger partial charge in [-0.3, -0.25) is 0 Å². The molecule has 1 aromatic carbocycles. The van der Waals surface area contributed by atoms with Gasteiger partial charge in [0.1, 0.15) is 16.5 Å². The summed E-state index contributed by atoms with van der Waals surface area (Å²) in [6.07, 6.45) is 4.13. The minimum atomic E-state index is -3.95. The van der Waals surface area contributed by atoms with E-state index >= 15 is 0 Å². The number of hydrogen-bond acceptors (Lipinski definition) is 2. The Bertz CT molecular complexity index is 550. The predicted octanol–water partition coefficient (Wildman–Crippen LogP) is 3.20. The lowest BCUT2D eigenvalue weighted by molar-refractivity contribution is 0.538. The lowest BCUT2D eigenvalue weighted by atomic mass is 10.2. The fourth-order valence-corrected chi connectivity index (χ4v) is 4.10. The summed E-state index contributed by atoms with van der Waals surface area (Å²) in [4.78, 5) is -0.541. The average Bonchev–Trinajstić information content (AvgIpc) is 3.06. The summed E-state index contributed by atoms with van der Waals surface area (Å²) in [5, 5.41) is 0. The van der Waals surface area contributed by atoms with Crippen LogP contribution in [0.5, 0.6) is 0 Å². The van der Waals surface area contributed by atoms with E-state index in [-0.39, 0.29) is 11.0 Å². The van der Waals surface area contributed by atoms with Crippen molar-refractivity contribution in [2.75, 3.05) is 6.54 Å². The second-order valence-corrected chi connectivity index (χ2v) is 7.24. The van der Waals surface area contributed by atoms with Crippen LogP contribution >= 0.6 is 15.9 Å². The first kappa shape index (κ1) is 14.9. The van der Waals surface area contributed by atoms with Crippen molar-refractivity contribution >= 4 is 26.0 Å². The first-order valence-electron chi connectivity index (χ1n) is 6.04. The van der Waals surface area contributed by atoms with E-state index in [4.69, 9.17) is 0 Å². The molecule has 2 rings (SSSR count). The molecule has 106 valence electrons. The van der Waals surface area contributed by atoms with Crippen LogP contribution < -0.4 is 4.72 Å². The molecule has 1 saturated carbocycles. The molecule has 0 aliphatic heterocycles. The highest BCUT2D eigenvalue weighted by atomic mass is 79.9. The Morgan fingerprint density at radius 2 is 2.00 bits per heavy atom. The molecule has 3 nitrogen and oxygen atoms in total. The van der Waals surface area contributed by atoms with Crippen molar-refractivity contribution < 1.29 is 17.2 Å². The van der Waals surface area contributed by atoms with Crippen LogP contribution in [0.25, 0.3) is 0 Å². The Hall–Kier alpha value is -0.530. The number of nitrogens with one attached hydrogen (secondary N) is 1. The Balaban J connectivity index is 2.05. The zero-order chi connectivity index (χ0) is 14.0.